The molecular weight excluding hydrogens is 498 g/mol. The van der Waals surface area contributed by atoms with E-state index in [9.17, 15) is 0 Å². The second-order valence-electron chi connectivity index (χ2n) is 10.7. The minimum Gasteiger partial charge on any atom is -0.292 e. The Morgan fingerprint density at radius 3 is 1.83 bits per heavy atom. The van der Waals surface area contributed by atoms with Gasteiger partial charge in [-0.25, -0.2) is 9.97 Å². The largest absolute Gasteiger partial charge is 0.292 e. The maximum absolute atomic E-state index is 5.32. The van der Waals surface area contributed by atoms with Gasteiger partial charge in [-0.15, -0.1) is 0 Å². The van der Waals surface area contributed by atoms with Crippen LogP contribution >= 0.6 is 0 Å². The van der Waals surface area contributed by atoms with E-state index in [-0.39, 0.29) is 0 Å². The smallest absolute Gasteiger partial charge is 0.165 e. The molecule has 0 radical (unpaired) electrons. The van der Waals surface area contributed by atoms with Crippen LogP contribution in [0.1, 0.15) is 0 Å². The second kappa shape index (κ2) is 8.48. The van der Waals surface area contributed by atoms with Crippen molar-refractivity contribution in [1.29, 1.82) is 0 Å². The van der Waals surface area contributed by atoms with Gasteiger partial charge in [0.25, 0.3) is 0 Å². The Morgan fingerprint density at radius 1 is 0.390 bits per heavy atom. The molecule has 0 fully saturated rings. The standard InChI is InChI=1S/C38H23N3/c1-2-11-27-23-36-32(21-26(27)10-1)30-13-5-8-16-35(30)41(36)38-37(39-33-14-6-7-15-34(33)40-38)28-20-19-25-18-17-24-9-3-4-12-29(24)31(25)22-28/h1-23H. The molecule has 9 rings (SSSR count). The van der Waals surface area contributed by atoms with Gasteiger partial charge in [0, 0.05) is 16.3 Å². The summed E-state index contributed by atoms with van der Waals surface area (Å²) < 4.78 is 2.30. The lowest BCUT2D eigenvalue weighted by atomic mass is 9.99. The summed E-state index contributed by atoms with van der Waals surface area (Å²) in [6, 6.07) is 49.6. The van der Waals surface area contributed by atoms with Crippen LogP contribution in [-0.2, 0) is 0 Å². The Labute approximate surface area is 235 Å². The van der Waals surface area contributed by atoms with Gasteiger partial charge < -0.3 is 0 Å². The fourth-order valence-corrected chi connectivity index (χ4v) is 6.37. The molecule has 3 nitrogen and oxygen atoms in total. The number of hydrogen-bond acceptors (Lipinski definition) is 2. The zero-order chi connectivity index (χ0) is 26.9. The number of hydrogen-bond donors (Lipinski definition) is 0. The number of aromatic nitrogens is 3. The maximum Gasteiger partial charge on any atom is 0.165 e. The van der Waals surface area contributed by atoms with Crippen molar-refractivity contribution in [3.63, 3.8) is 0 Å². The predicted octanol–water partition coefficient (Wildman–Crippen LogP) is 9.85. The van der Waals surface area contributed by atoms with E-state index in [1.807, 2.05) is 24.3 Å². The van der Waals surface area contributed by atoms with Gasteiger partial charge in [0.15, 0.2) is 5.82 Å². The van der Waals surface area contributed by atoms with E-state index in [1.54, 1.807) is 0 Å². The molecule has 41 heavy (non-hydrogen) atoms. The Balaban J connectivity index is 1.43. The Morgan fingerprint density at radius 2 is 1.00 bits per heavy atom. The molecule has 0 atom stereocenters. The maximum atomic E-state index is 5.32. The Bertz CT molecular complexity index is 2490. The van der Waals surface area contributed by atoms with Crippen molar-refractivity contribution in [1.82, 2.24) is 14.5 Å². The van der Waals surface area contributed by atoms with Gasteiger partial charge in [-0.1, -0.05) is 103 Å². The second-order valence-corrected chi connectivity index (χ2v) is 10.7. The molecule has 9 aromatic rings. The van der Waals surface area contributed by atoms with Crippen LogP contribution in [0.5, 0.6) is 0 Å². The Kier molecular flexibility index (Phi) is 4.61. The summed E-state index contributed by atoms with van der Waals surface area (Å²) in [5, 5.41) is 9.76. The van der Waals surface area contributed by atoms with Crippen LogP contribution in [-0.4, -0.2) is 14.5 Å². The molecule has 3 heteroatoms. The zero-order valence-electron chi connectivity index (χ0n) is 22.1. The first-order chi connectivity index (χ1) is 20.3. The van der Waals surface area contributed by atoms with E-state index in [4.69, 9.17) is 9.97 Å². The highest BCUT2D eigenvalue weighted by Gasteiger charge is 2.20. The molecule has 0 bridgehead atoms. The van der Waals surface area contributed by atoms with Crippen LogP contribution in [0.15, 0.2) is 140 Å². The molecule has 0 aliphatic heterocycles. The predicted molar refractivity (Wildman–Crippen MR) is 172 cm³/mol. The number of benzene rings is 7. The molecule has 0 unspecified atom stereocenters. The number of rotatable bonds is 2. The van der Waals surface area contributed by atoms with Crippen LogP contribution in [0.3, 0.4) is 0 Å². The highest BCUT2D eigenvalue weighted by atomic mass is 15.1. The average molecular weight is 522 g/mol. The van der Waals surface area contributed by atoms with Crippen LogP contribution in [0.25, 0.3) is 82.2 Å². The van der Waals surface area contributed by atoms with Crippen molar-refractivity contribution in [3.8, 4) is 17.1 Å². The lowest BCUT2D eigenvalue weighted by molar-refractivity contribution is 1.08. The Hall–Kier alpha value is -5.54. The quantitative estimate of drug-likeness (QED) is 0.212. The summed E-state index contributed by atoms with van der Waals surface area (Å²) in [5.74, 6) is 0.838. The normalized spacial score (nSPS) is 11.9. The first kappa shape index (κ1) is 22.3. The van der Waals surface area contributed by atoms with E-state index in [0.717, 1.165) is 39.1 Å². The van der Waals surface area contributed by atoms with Gasteiger partial charge in [0.05, 0.1) is 22.1 Å². The molecule has 190 valence electrons. The van der Waals surface area contributed by atoms with Crippen molar-refractivity contribution >= 4 is 65.2 Å². The third-order valence-electron chi connectivity index (χ3n) is 8.32. The third kappa shape index (κ3) is 3.33. The van der Waals surface area contributed by atoms with Gasteiger partial charge in [-0.2, -0.15) is 0 Å². The van der Waals surface area contributed by atoms with Crippen molar-refractivity contribution in [2.45, 2.75) is 0 Å². The molecule has 2 heterocycles. The molecule has 2 aromatic heterocycles. The number of para-hydroxylation sites is 3. The lowest BCUT2D eigenvalue weighted by Crippen LogP contribution is -2.03. The zero-order valence-corrected chi connectivity index (χ0v) is 22.1. The molecule has 7 aromatic carbocycles. The summed E-state index contributed by atoms with van der Waals surface area (Å²) in [5.41, 5.74) is 5.93. The number of nitrogens with zero attached hydrogens (tertiary/aromatic N) is 3. The topological polar surface area (TPSA) is 30.7 Å². The SMILES string of the molecule is c1ccc2cc3c(cc2c1)c1ccccc1n3-c1nc2ccccc2nc1-c1ccc2ccc3ccccc3c2c1. The summed E-state index contributed by atoms with van der Waals surface area (Å²) >= 11 is 0. The summed E-state index contributed by atoms with van der Waals surface area (Å²) in [4.78, 5) is 10.6. The fraction of sp³-hybridized carbons (Fsp3) is 0. The third-order valence-corrected chi connectivity index (χ3v) is 8.32. The molecular formula is C38H23N3. The minimum absolute atomic E-state index is 0.838. The van der Waals surface area contributed by atoms with Gasteiger partial charge in [-0.05, 0) is 68.7 Å². The minimum atomic E-state index is 0.838. The molecule has 0 saturated carbocycles. The van der Waals surface area contributed by atoms with Crippen molar-refractivity contribution in [2.75, 3.05) is 0 Å². The first-order valence-electron chi connectivity index (χ1n) is 13.9. The summed E-state index contributed by atoms with van der Waals surface area (Å²) in [6.45, 7) is 0. The van der Waals surface area contributed by atoms with Crippen molar-refractivity contribution in [3.05, 3.63) is 140 Å². The van der Waals surface area contributed by atoms with Crippen molar-refractivity contribution in [2.24, 2.45) is 0 Å². The summed E-state index contributed by atoms with van der Waals surface area (Å²) in [6.07, 6.45) is 0. The van der Waals surface area contributed by atoms with E-state index in [1.165, 1.54) is 43.1 Å². The van der Waals surface area contributed by atoms with E-state index in [2.05, 4.69) is 120 Å². The van der Waals surface area contributed by atoms with Crippen LogP contribution in [0.4, 0.5) is 0 Å². The van der Waals surface area contributed by atoms with E-state index in [0.29, 0.717) is 0 Å². The van der Waals surface area contributed by atoms with E-state index >= 15 is 0 Å². The molecule has 0 amide bonds. The number of fused-ring (bicyclic) bond motifs is 8. The van der Waals surface area contributed by atoms with Crippen molar-refractivity contribution < 1.29 is 0 Å². The average Bonchev–Trinajstić information content (AvgIpc) is 3.35. The van der Waals surface area contributed by atoms with Crippen LogP contribution in [0.2, 0.25) is 0 Å². The van der Waals surface area contributed by atoms with Crippen LogP contribution < -0.4 is 0 Å². The summed E-state index contributed by atoms with van der Waals surface area (Å²) in [7, 11) is 0. The fourth-order valence-electron chi connectivity index (χ4n) is 6.37. The molecule has 0 spiro atoms. The lowest BCUT2D eigenvalue weighted by Gasteiger charge is -2.15. The molecule has 0 aliphatic rings. The highest BCUT2D eigenvalue weighted by Crippen LogP contribution is 2.38. The molecule has 0 aliphatic carbocycles. The van der Waals surface area contributed by atoms with E-state index < -0.39 is 0 Å². The van der Waals surface area contributed by atoms with Crippen LogP contribution in [0, 0.1) is 0 Å². The van der Waals surface area contributed by atoms with Gasteiger partial charge in [-0.3, -0.25) is 4.57 Å². The monoisotopic (exact) mass is 521 g/mol. The van der Waals surface area contributed by atoms with Gasteiger partial charge in [0.2, 0.25) is 0 Å². The van der Waals surface area contributed by atoms with Gasteiger partial charge >= 0.3 is 0 Å². The van der Waals surface area contributed by atoms with Gasteiger partial charge in [0.1, 0.15) is 5.69 Å². The molecule has 0 N–H and O–H groups in total. The highest BCUT2D eigenvalue weighted by molar-refractivity contribution is 6.14. The molecule has 0 saturated heterocycles. The first-order valence-corrected chi connectivity index (χ1v) is 13.9.